The summed E-state index contributed by atoms with van der Waals surface area (Å²) < 4.78 is 0. The lowest BCUT2D eigenvalue weighted by molar-refractivity contribution is 0.0957. The number of aliphatic hydroxyl groups is 1. The van der Waals surface area contributed by atoms with Gasteiger partial charge >= 0.3 is 0 Å². The van der Waals surface area contributed by atoms with E-state index in [9.17, 15) is 4.79 Å². The Kier molecular flexibility index (Phi) is 5.01. The van der Waals surface area contributed by atoms with Gasteiger partial charge in [0.15, 0.2) is 0 Å². The molecule has 0 bridgehead atoms. The van der Waals surface area contributed by atoms with E-state index in [0.29, 0.717) is 24.5 Å². The number of nitrogens with zero attached hydrogens (tertiary/aromatic N) is 1. The lowest BCUT2D eigenvalue weighted by atomic mass is 10.2. The Labute approximate surface area is 94.2 Å². The first kappa shape index (κ1) is 12.2. The van der Waals surface area contributed by atoms with Crippen molar-refractivity contribution in [3.63, 3.8) is 0 Å². The zero-order valence-corrected chi connectivity index (χ0v) is 8.94. The van der Waals surface area contributed by atoms with Crippen LogP contribution >= 0.6 is 0 Å². The molecule has 1 heterocycles. The highest BCUT2D eigenvalue weighted by atomic mass is 16.3. The second-order valence-corrected chi connectivity index (χ2v) is 3.08. The number of carbonyl (C=O) groups is 1. The van der Waals surface area contributed by atoms with E-state index in [1.807, 2.05) is 0 Å². The largest absolute Gasteiger partial charge is 0.395 e. The molecule has 5 heteroatoms. The van der Waals surface area contributed by atoms with Gasteiger partial charge in [0.1, 0.15) is 5.82 Å². The first-order chi connectivity index (χ1) is 7.77. The highest BCUT2D eigenvalue weighted by molar-refractivity contribution is 5.94. The Morgan fingerprint density at radius 1 is 1.56 bits per heavy atom. The van der Waals surface area contributed by atoms with Crippen LogP contribution in [0.4, 0.5) is 5.82 Å². The number of amides is 1. The summed E-state index contributed by atoms with van der Waals surface area (Å²) in [6.45, 7) is 4.43. The maximum atomic E-state index is 11.5. The van der Waals surface area contributed by atoms with Crippen molar-refractivity contribution in [1.29, 1.82) is 0 Å². The van der Waals surface area contributed by atoms with Gasteiger partial charge in [-0.3, -0.25) is 4.79 Å². The molecular weight excluding hydrogens is 206 g/mol. The Balaban J connectivity index is 2.56. The van der Waals surface area contributed by atoms with Gasteiger partial charge in [-0.2, -0.15) is 0 Å². The fourth-order valence-electron chi connectivity index (χ4n) is 1.08. The van der Waals surface area contributed by atoms with Crippen LogP contribution < -0.4 is 10.6 Å². The van der Waals surface area contributed by atoms with E-state index in [-0.39, 0.29) is 12.5 Å². The van der Waals surface area contributed by atoms with Gasteiger partial charge in [-0.15, -0.1) is 6.58 Å². The van der Waals surface area contributed by atoms with Crippen molar-refractivity contribution in [2.24, 2.45) is 0 Å². The minimum atomic E-state index is -0.180. The average molecular weight is 221 g/mol. The third-order valence-corrected chi connectivity index (χ3v) is 1.85. The quantitative estimate of drug-likeness (QED) is 0.608. The van der Waals surface area contributed by atoms with Gasteiger partial charge in [0.25, 0.3) is 5.91 Å². The Morgan fingerprint density at radius 3 is 2.94 bits per heavy atom. The number of hydrogen-bond donors (Lipinski definition) is 3. The molecule has 0 aromatic carbocycles. The number of carbonyl (C=O) groups excluding carboxylic acids is 1. The minimum absolute atomic E-state index is 0.0449. The van der Waals surface area contributed by atoms with Crippen LogP contribution in [-0.4, -0.2) is 35.7 Å². The molecule has 1 rings (SSSR count). The summed E-state index contributed by atoms with van der Waals surface area (Å²) in [5, 5.41) is 14.2. The van der Waals surface area contributed by atoms with Gasteiger partial charge in [0.2, 0.25) is 0 Å². The van der Waals surface area contributed by atoms with E-state index in [1.165, 1.54) is 6.20 Å². The van der Waals surface area contributed by atoms with Crippen molar-refractivity contribution < 1.29 is 9.90 Å². The molecule has 5 nitrogen and oxygen atoms in total. The van der Waals surface area contributed by atoms with Gasteiger partial charge in [-0.25, -0.2) is 4.98 Å². The smallest absolute Gasteiger partial charge is 0.253 e. The summed E-state index contributed by atoms with van der Waals surface area (Å²) in [5.74, 6) is 0.454. The van der Waals surface area contributed by atoms with Gasteiger partial charge in [-0.1, -0.05) is 6.08 Å². The minimum Gasteiger partial charge on any atom is -0.395 e. The maximum absolute atomic E-state index is 11.5. The number of rotatable bonds is 6. The molecule has 0 spiro atoms. The number of aromatic nitrogens is 1. The number of pyridine rings is 1. The van der Waals surface area contributed by atoms with E-state index in [2.05, 4.69) is 22.2 Å². The average Bonchev–Trinajstić information content (AvgIpc) is 2.34. The van der Waals surface area contributed by atoms with Crippen LogP contribution in [0.3, 0.4) is 0 Å². The predicted molar refractivity (Wildman–Crippen MR) is 62.3 cm³/mol. The van der Waals surface area contributed by atoms with Crippen molar-refractivity contribution >= 4 is 11.7 Å². The standard InChI is InChI=1S/C11H15N3O2/c1-2-5-13-11(16)9-3-4-10(14-8-9)12-6-7-15/h2-4,8,15H,1,5-7H2,(H,12,14)(H,13,16). The molecule has 1 amide bonds. The molecule has 0 fully saturated rings. The molecule has 0 saturated carbocycles. The highest BCUT2D eigenvalue weighted by Gasteiger charge is 2.03. The molecule has 0 saturated heterocycles. The predicted octanol–water partition coefficient (Wildman–Crippen LogP) is 0.402. The van der Waals surface area contributed by atoms with Crippen LogP contribution in [-0.2, 0) is 0 Å². The van der Waals surface area contributed by atoms with Gasteiger partial charge in [-0.05, 0) is 12.1 Å². The SMILES string of the molecule is C=CCNC(=O)c1ccc(NCCO)nc1. The van der Waals surface area contributed by atoms with Crippen molar-refractivity contribution in [2.75, 3.05) is 25.0 Å². The summed E-state index contributed by atoms with van der Waals surface area (Å²) in [6, 6.07) is 3.36. The Bertz CT molecular complexity index is 349. The molecule has 0 aliphatic carbocycles. The molecule has 16 heavy (non-hydrogen) atoms. The first-order valence-electron chi connectivity index (χ1n) is 4.98. The third kappa shape index (κ3) is 3.70. The molecule has 0 radical (unpaired) electrons. The number of anilines is 1. The third-order valence-electron chi connectivity index (χ3n) is 1.85. The molecule has 3 N–H and O–H groups in total. The maximum Gasteiger partial charge on any atom is 0.253 e. The summed E-state index contributed by atoms with van der Waals surface area (Å²) in [5.41, 5.74) is 0.497. The summed E-state index contributed by atoms with van der Waals surface area (Å²) in [7, 11) is 0. The van der Waals surface area contributed by atoms with E-state index >= 15 is 0 Å². The Morgan fingerprint density at radius 2 is 2.38 bits per heavy atom. The fourth-order valence-corrected chi connectivity index (χ4v) is 1.08. The number of hydrogen-bond acceptors (Lipinski definition) is 4. The molecular formula is C11H15N3O2. The number of nitrogens with one attached hydrogen (secondary N) is 2. The summed E-state index contributed by atoms with van der Waals surface area (Å²) >= 11 is 0. The summed E-state index contributed by atoms with van der Waals surface area (Å²) in [4.78, 5) is 15.5. The topological polar surface area (TPSA) is 74.2 Å². The number of aliphatic hydroxyl groups excluding tert-OH is 1. The normalized spacial score (nSPS) is 9.56. The van der Waals surface area contributed by atoms with E-state index in [0.717, 1.165) is 0 Å². The lowest BCUT2D eigenvalue weighted by Crippen LogP contribution is -2.23. The fraction of sp³-hybridized carbons (Fsp3) is 0.273. The van der Waals surface area contributed by atoms with Gasteiger partial charge < -0.3 is 15.7 Å². The second-order valence-electron chi connectivity index (χ2n) is 3.08. The van der Waals surface area contributed by atoms with Crippen molar-refractivity contribution in [2.45, 2.75) is 0 Å². The zero-order chi connectivity index (χ0) is 11.8. The molecule has 0 atom stereocenters. The van der Waals surface area contributed by atoms with Gasteiger partial charge in [0, 0.05) is 19.3 Å². The monoisotopic (exact) mass is 221 g/mol. The van der Waals surface area contributed by atoms with Crippen molar-refractivity contribution in [3.05, 3.63) is 36.5 Å². The van der Waals surface area contributed by atoms with Crippen LogP contribution in [0.2, 0.25) is 0 Å². The van der Waals surface area contributed by atoms with Crippen LogP contribution in [0.5, 0.6) is 0 Å². The zero-order valence-electron chi connectivity index (χ0n) is 8.94. The van der Waals surface area contributed by atoms with E-state index in [1.54, 1.807) is 18.2 Å². The Hall–Kier alpha value is -1.88. The van der Waals surface area contributed by atoms with Gasteiger partial charge in [0.05, 0.1) is 12.2 Å². The van der Waals surface area contributed by atoms with E-state index in [4.69, 9.17) is 5.11 Å². The molecule has 0 unspecified atom stereocenters. The van der Waals surface area contributed by atoms with Crippen LogP contribution in [0.15, 0.2) is 31.0 Å². The van der Waals surface area contributed by atoms with Crippen LogP contribution in [0.1, 0.15) is 10.4 Å². The highest BCUT2D eigenvalue weighted by Crippen LogP contribution is 2.04. The lowest BCUT2D eigenvalue weighted by Gasteiger charge is -2.05. The molecule has 86 valence electrons. The van der Waals surface area contributed by atoms with Crippen molar-refractivity contribution in [3.8, 4) is 0 Å². The first-order valence-corrected chi connectivity index (χ1v) is 4.98. The van der Waals surface area contributed by atoms with Crippen LogP contribution in [0, 0.1) is 0 Å². The molecule has 0 aliphatic heterocycles. The molecule has 1 aromatic heterocycles. The molecule has 0 aliphatic rings. The second kappa shape index (κ2) is 6.58. The van der Waals surface area contributed by atoms with Crippen molar-refractivity contribution in [1.82, 2.24) is 10.3 Å². The van der Waals surface area contributed by atoms with E-state index < -0.39 is 0 Å². The van der Waals surface area contributed by atoms with Crippen LogP contribution in [0.25, 0.3) is 0 Å². The summed E-state index contributed by atoms with van der Waals surface area (Å²) in [6.07, 6.45) is 3.10. The molecule has 1 aromatic rings.